The summed E-state index contributed by atoms with van der Waals surface area (Å²) in [5.41, 5.74) is 1.72. The van der Waals surface area contributed by atoms with Gasteiger partial charge in [-0.05, 0) is 24.3 Å². The van der Waals surface area contributed by atoms with E-state index in [0.717, 1.165) is 23.0 Å². The van der Waals surface area contributed by atoms with Crippen LogP contribution in [-0.4, -0.2) is 56.4 Å². The summed E-state index contributed by atoms with van der Waals surface area (Å²) in [5.74, 6) is 1.60. The zero-order valence-electron chi connectivity index (χ0n) is 16.7. The minimum absolute atomic E-state index is 0.799. The summed E-state index contributed by atoms with van der Waals surface area (Å²) in [7, 11) is 3.68. The molecule has 0 aliphatic heterocycles. The molecule has 0 aliphatic rings. The molecule has 2 N–H and O–H groups in total. The average Bonchev–Trinajstić information content (AvgIpc) is 3.52. The number of hydrazone groups is 2. The van der Waals surface area contributed by atoms with Crippen LogP contribution in [0.4, 0.5) is 11.6 Å². The van der Waals surface area contributed by atoms with Gasteiger partial charge in [0.2, 0.25) is 0 Å². The third-order valence-corrected chi connectivity index (χ3v) is 3.74. The summed E-state index contributed by atoms with van der Waals surface area (Å²) in [5, 5.41) is 11.8. The third-order valence-electron chi connectivity index (χ3n) is 3.74. The number of hydrogen-bond donors (Lipinski definition) is 2. The van der Waals surface area contributed by atoms with Crippen LogP contribution in [0.1, 0.15) is 11.4 Å². The number of nitrogens with zero attached hydrogens (tertiary/aromatic N) is 8. The summed E-state index contributed by atoms with van der Waals surface area (Å²) < 4.78 is 0. The summed E-state index contributed by atoms with van der Waals surface area (Å²) in [6.07, 6.45) is 13.5. The maximum absolute atomic E-state index is 4.21. The molecule has 0 amide bonds. The lowest BCUT2D eigenvalue weighted by Gasteiger charge is -2.09. The van der Waals surface area contributed by atoms with Crippen LogP contribution in [0, 0.1) is 0 Å². The standard InChI is InChI=1S/2C10H11N5/c2*1-15(10-4-2-3-5-12-10)14-7-9-6-11-8-13-9/h2*2-8H,1H3,(H,11,13)/b2*14-7+. The number of hydrogen-bond acceptors (Lipinski definition) is 8. The predicted octanol–water partition coefficient (Wildman–Crippen LogP) is 2.55. The van der Waals surface area contributed by atoms with E-state index in [1.54, 1.807) is 59.9 Å². The number of anilines is 2. The van der Waals surface area contributed by atoms with Gasteiger partial charge in [0.25, 0.3) is 0 Å². The Morgan fingerprint density at radius 2 is 1.20 bits per heavy atom. The van der Waals surface area contributed by atoms with Crippen molar-refractivity contribution < 1.29 is 0 Å². The van der Waals surface area contributed by atoms with Crippen molar-refractivity contribution in [1.29, 1.82) is 0 Å². The van der Waals surface area contributed by atoms with Crippen LogP contribution in [0.3, 0.4) is 0 Å². The molecule has 4 heterocycles. The van der Waals surface area contributed by atoms with Gasteiger partial charge in [-0.2, -0.15) is 10.2 Å². The minimum Gasteiger partial charge on any atom is -0.344 e. The zero-order chi connectivity index (χ0) is 21.0. The number of aromatic nitrogens is 6. The van der Waals surface area contributed by atoms with Crippen molar-refractivity contribution in [1.82, 2.24) is 29.9 Å². The van der Waals surface area contributed by atoms with Crippen molar-refractivity contribution in [3.05, 3.63) is 85.2 Å². The first-order valence-corrected chi connectivity index (χ1v) is 9.06. The second-order valence-corrected chi connectivity index (χ2v) is 5.93. The maximum atomic E-state index is 4.21. The van der Waals surface area contributed by atoms with Crippen LogP contribution in [0.25, 0.3) is 0 Å². The Bertz CT molecular complexity index is 926. The highest BCUT2D eigenvalue weighted by atomic mass is 15.5. The molecule has 4 aromatic heterocycles. The lowest BCUT2D eigenvalue weighted by atomic mass is 10.5. The Morgan fingerprint density at radius 3 is 1.53 bits per heavy atom. The molecule has 0 saturated heterocycles. The summed E-state index contributed by atoms with van der Waals surface area (Å²) in [6.45, 7) is 0. The molecule has 0 spiro atoms. The molecule has 4 aromatic rings. The number of aromatic amines is 2. The largest absolute Gasteiger partial charge is 0.344 e. The SMILES string of the molecule is CN(/N=C/c1cnc[nH]1)c1ccccn1.CN(/N=C/c1cnc[nH]1)c1ccccn1. The van der Waals surface area contributed by atoms with Crippen LogP contribution in [0.15, 0.2) is 84.0 Å². The quantitative estimate of drug-likeness (QED) is 0.378. The highest BCUT2D eigenvalue weighted by molar-refractivity contribution is 5.77. The number of nitrogens with one attached hydrogen (secondary N) is 2. The first kappa shape index (κ1) is 20.4. The summed E-state index contributed by atoms with van der Waals surface area (Å²) >= 11 is 0. The molecule has 0 aliphatic carbocycles. The van der Waals surface area contributed by atoms with Crippen molar-refractivity contribution in [3.63, 3.8) is 0 Å². The molecule has 10 heteroatoms. The van der Waals surface area contributed by atoms with E-state index in [-0.39, 0.29) is 0 Å². The molecule has 152 valence electrons. The van der Waals surface area contributed by atoms with Crippen LogP contribution < -0.4 is 10.0 Å². The van der Waals surface area contributed by atoms with Gasteiger partial charge in [-0.25, -0.2) is 19.9 Å². The number of rotatable bonds is 6. The Hall–Kier alpha value is -4.34. The fourth-order valence-electron chi connectivity index (χ4n) is 2.18. The molecule has 0 fully saturated rings. The smallest absolute Gasteiger partial charge is 0.148 e. The number of pyridine rings is 2. The fraction of sp³-hybridized carbons (Fsp3) is 0.100. The monoisotopic (exact) mass is 402 g/mol. The first-order valence-electron chi connectivity index (χ1n) is 9.06. The molecule has 0 atom stereocenters. The van der Waals surface area contributed by atoms with Gasteiger partial charge >= 0.3 is 0 Å². The van der Waals surface area contributed by atoms with Gasteiger partial charge in [-0.3, -0.25) is 10.0 Å². The Labute approximate surface area is 174 Å². The van der Waals surface area contributed by atoms with Gasteiger partial charge < -0.3 is 9.97 Å². The highest BCUT2D eigenvalue weighted by Crippen LogP contribution is 2.07. The number of H-pyrrole nitrogens is 2. The summed E-state index contributed by atoms with van der Waals surface area (Å²) in [6, 6.07) is 11.4. The van der Waals surface area contributed by atoms with Gasteiger partial charge in [-0.1, -0.05) is 12.1 Å². The van der Waals surface area contributed by atoms with E-state index in [2.05, 4.69) is 40.1 Å². The molecular formula is C20H22N10. The van der Waals surface area contributed by atoms with E-state index in [0.29, 0.717) is 0 Å². The van der Waals surface area contributed by atoms with Crippen molar-refractivity contribution in [2.75, 3.05) is 24.1 Å². The lowest BCUT2D eigenvalue weighted by Crippen LogP contribution is -2.10. The molecule has 0 radical (unpaired) electrons. The normalized spacial score (nSPS) is 10.7. The topological polar surface area (TPSA) is 114 Å². The lowest BCUT2D eigenvalue weighted by molar-refractivity contribution is 0.982. The van der Waals surface area contributed by atoms with Crippen molar-refractivity contribution >= 4 is 24.1 Å². The Kier molecular flexibility index (Phi) is 7.38. The van der Waals surface area contributed by atoms with E-state index >= 15 is 0 Å². The summed E-state index contributed by atoms with van der Waals surface area (Å²) in [4.78, 5) is 22.0. The molecule has 0 saturated carbocycles. The average molecular weight is 402 g/mol. The first-order chi connectivity index (χ1) is 14.7. The van der Waals surface area contributed by atoms with Gasteiger partial charge in [0.05, 0.1) is 48.9 Å². The van der Waals surface area contributed by atoms with E-state index < -0.39 is 0 Å². The van der Waals surface area contributed by atoms with E-state index in [1.807, 2.05) is 50.5 Å². The van der Waals surface area contributed by atoms with E-state index in [1.165, 1.54) is 0 Å². The molecule has 4 rings (SSSR count). The van der Waals surface area contributed by atoms with Crippen LogP contribution in [0.2, 0.25) is 0 Å². The zero-order valence-corrected chi connectivity index (χ0v) is 16.7. The third kappa shape index (κ3) is 6.37. The minimum atomic E-state index is 0.799. The molecule has 30 heavy (non-hydrogen) atoms. The van der Waals surface area contributed by atoms with E-state index in [9.17, 15) is 0 Å². The molecule has 10 nitrogen and oxygen atoms in total. The van der Waals surface area contributed by atoms with Crippen molar-refractivity contribution in [3.8, 4) is 0 Å². The number of imidazole rings is 2. The van der Waals surface area contributed by atoms with Gasteiger partial charge in [0.15, 0.2) is 0 Å². The molecule has 0 bridgehead atoms. The maximum Gasteiger partial charge on any atom is 0.148 e. The fourth-order valence-corrected chi connectivity index (χ4v) is 2.18. The van der Waals surface area contributed by atoms with Gasteiger partial charge in [0.1, 0.15) is 11.6 Å². The molecule has 0 aromatic carbocycles. The second-order valence-electron chi connectivity index (χ2n) is 5.93. The Balaban J connectivity index is 0.000000171. The second kappa shape index (κ2) is 10.9. The Morgan fingerprint density at radius 1 is 0.733 bits per heavy atom. The molecular weight excluding hydrogens is 380 g/mol. The molecule has 0 unspecified atom stereocenters. The van der Waals surface area contributed by atoms with Crippen LogP contribution in [0.5, 0.6) is 0 Å². The van der Waals surface area contributed by atoms with E-state index in [4.69, 9.17) is 0 Å². The van der Waals surface area contributed by atoms with Crippen LogP contribution in [-0.2, 0) is 0 Å². The highest BCUT2D eigenvalue weighted by Gasteiger charge is 1.98. The van der Waals surface area contributed by atoms with Crippen LogP contribution >= 0.6 is 0 Å². The van der Waals surface area contributed by atoms with Crippen molar-refractivity contribution in [2.24, 2.45) is 10.2 Å². The van der Waals surface area contributed by atoms with Gasteiger partial charge in [0, 0.05) is 26.5 Å². The van der Waals surface area contributed by atoms with Crippen molar-refractivity contribution in [2.45, 2.75) is 0 Å². The van der Waals surface area contributed by atoms with Gasteiger partial charge in [-0.15, -0.1) is 0 Å². The predicted molar refractivity (Wildman–Crippen MR) is 118 cm³/mol.